The number of ether oxygens (including phenoxy) is 1. The van der Waals surface area contributed by atoms with Crippen LogP contribution in [0.2, 0.25) is 0 Å². The molecule has 2 aliphatic rings. The lowest BCUT2D eigenvalue weighted by atomic mass is 9.87. The molecule has 9 nitrogen and oxygen atoms in total. The lowest BCUT2D eigenvalue weighted by Gasteiger charge is -2.27. The van der Waals surface area contributed by atoms with Gasteiger partial charge in [0.25, 0.3) is 0 Å². The topological polar surface area (TPSA) is 127 Å². The van der Waals surface area contributed by atoms with Crippen LogP contribution < -0.4 is 9.46 Å². The highest BCUT2D eigenvalue weighted by atomic mass is 32.2. The molecule has 0 spiro atoms. The summed E-state index contributed by atoms with van der Waals surface area (Å²) in [6, 6.07) is 11.9. The van der Waals surface area contributed by atoms with Gasteiger partial charge in [0.1, 0.15) is 17.7 Å². The van der Waals surface area contributed by atoms with Gasteiger partial charge in [0, 0.05) is 41.6 Å². The Morgan fingerprint density at radius 1 is 0.947 bits per heavy atom. The third-order valence-electron chi connectivity index (χ3n) is 7.05. The molecule has 0 atom stereocenters. The number of carbonyl (C=O) groups excluding carboxylic acids is 1. The number of nitrogens with zero attached hydrogens (tertiary/aromatic N) is 3. The van der Waals surface area contributed by atoms with Crippen LogP contribution in [0.4, 0.5) is 4.39 Å². The maximum absolute atomic E-state index is 13.5. The van der Waals surface area contributed by atoms with Crippen LogP contribution in [0.15, 0.2) is 54.9 Å². The molecule has 6 rings (SSSR count). The van der Waals surface area contributed by atoms with E-state index in [1.54, 1.807) is 24.5 Å². The average Bonchev–Trinajstić information content (AvgIpc) is 3.70. The first kappa shape index (κ1) is 24.5. The predicted molar refractivity (Wildman–Crippen MR) is 139 cm³/mol. The van der Waals surface area contributed by atoms with Gasteiger partial charge in [0.05, 0.1) is 22.0 Å². The number of nitrogens with one attached hydrogen (secondary N) is 2. The number of rotatable bonds is 7. The van der Waals surface area contributed by atoms with Gasteiger partial charge in [-0.25, -0.2) is 22.8 Å². The number of halogens is 1. The lowest BCUT2D eigenvalue weighted by molar-refractivity contribution is -0.124. The quantitative estimate of drug-likeness (QED) is 0.360. The van der Waals surface area contributed by atoms with E-state index in [-0.39, 0.29) is 17.8 Å². The zero-order chi connectivity index (χ0) is 26.3. The Bertz CT molecular complexity index is 1580. The molecule has 0 bridgehead atoms. The number of benzene rings is 1. The van der Waals surface area contributed by atoms with Crippen LogP contribution >= 0.6 is 0 Å². The van der Waals surface area contributed by atoms with Gasteiger partial charge in [-0.05, 0) is 68.9 Å². The molecular formula is C27H26FN5O4S. The number of H-pyrrole nitrogens is 1. The molecule has 38 heavy (non-hydrogen) atoms. The Balaban J connectivity index is 1.04. The first-order valence-corrected chi connectivity index (χ1v) is 14.2. The number of aromatic nitrogens is 4. The minimum Gasteiger partial charge on any atom is -0.474 e. The van der Waals surface area contributed by atoms with Crippen molar-refractivity contribution in [2.24, 2.45) is 5.92 Å². The standard InChI is InChI=1S/C27H26FN5O4S/c28-19-5-11-23-24(13-19)32-26(31-23)18-3-10-22(29-15-18)17-4-12-25(30-14-17)37-20-6-1-16(2-7-20)27(34)33-38(35,36)21-8-9-21/h3-5,10-16,20-21H,1-2,6-9H2,(H,31,32)(H,33,34)/t16-,20+. The van der Waals surface area contributed by atoms with E-state index in [1.165, 1.54) is 12.1 Å². The summed E-state index contributed by atoms with van der Waals surface area (Å²) in [5.74, 6) is 0.0622. The lowest BCUT2D eigenvalue weighted by Crippen LogP contribution is -2.40. The minimum atomic E-state index is -3.51. The Kier molecular flexibility index (Phi) is 6.30. The van der Waals surface area contributed by atoms with Gasteiger partial charge in [0.15, 0.2) is 0 Å². The van der Waals surface area contributed by atoms with E-state index in [9.17, 15) is 17.6 Å². The van der Waals surface area contributed by atoms with Crippen LogP contribution in [0.25, 0.3) is 33.7 Å². The molecule has 1 aromatic carbocycles. The molecule has 3 heterocycles. The number of pyridine rings is 2. The summed E-state index contributed by atoms with van der Waals surface area (Å²) in [5, 5.41) is -0.406. The van der Waals surface area contributed by atoms with Crippen molar-refractivity contribution in [2.45, 2.75) is 49.9 Å². The second-order valence-corrected chi connectivity index (χ2v) is 11.8. The van der Waals surface area contributed by atoms with Crippen molar-refractivity contribution in [2.75, 3.05) is 0 Å². The third kappa shape index (κ3) is 5.24. The predicted octanol–water partition coefficient (Wildman–Crippen LogP) is 4.37. The molecule has 2 fully saturated rings. The van der Waals surface area contributed by atoms with Crippen molar-refractivity contribution >= 4 is 27.0 Å². The van der Waals surface area contributed by atoms with Crippen LogP contribution in [0.5, 0.6) is 5.88 Å². The van der Waals surface area contributed by atoms with E-state index in [2.05, 4.69) is 24.7 Å². The van der Waals surface area contributed by atoms with Crippen molar-refractivity contribution in [1.29, 1.82) is 0 Å². The van der Waals surface area contributed by atoms with E-state index in [4.69, 9.17) is 4.74 Å². The number of imidazole rings is 1. The molecule has 0 saturated heterocycles. The van der Waals surface area contributed by atoms with Gasteiger partial charge in [0.2, 0.25) is 21.8 Å². The fourth-order valence-electron chi connectivity index (χ4n) is 4.72. The molecule has 196 valence electrons. The minimum absolute atomic E-state index is 0.0767. The smallest absolute Gasteiger partial charge is 0.237 e. The van der Waals surface area contributed by atoms with Gasteiger partial charge < -0.3 is 9.72 Å². The molecule has 0 aliphatic heterocycles. The molecule has 4 aromatic rings. The fraction of sp³-hybridized carbons (Fsp3) is 0.333. The number of sulfonamides is 1. The van der Waals surface area contributed by atoms with Gasteiger partial charge in [-0.15, -0.1) is 0 Å². The second-order valence-electron chi connectivity index (χ2n) is 9.87. The number of carbonyl (C=O) groups is 1. The number of hydrogen-bond acceptors (Lipinski definition) is 7. The van der Waals surface area contributed by atoms with Crippen LogP contribution in [0.3, 0.4) is 0 Å². The van der Waals surface area contributed by atoms with E-state index in [0.717, 1.165) is 22.3 Å². The van der Waals surface area contributed by atoms with E-state index < -0.39 is 21.2 Å². The molecule has 11 heteroatoms. The van der Waals surface area contributed by atoms with Crippen LogP contribution in [-0.2, 0) is 14.8 Å². The summed E-state index contributed by atoms with van der Waals surface area (Å²) in [7, 11) is -3.51. The van der Waals surface area contributed by atoms with Crippen LogP contribution in [-0.4, -0.2) is 45.6 Å². The molecule has 2 aliphatic carbocycles. The Morgan fingerprint density at radius 2 is 1.71 bits per heavy atom. The summed E-state index contributed by atoms with van der Waals surface area (Å²) in [4.78, 5) is 28.9. The summed E-state index contributed by atoms with van der Waals surface area (Å²) < 4.78 is 45.8. The number of aromatic amines is 1. The molecule has 0 unspecified atom stereocenters. The zero-order valence-corrected chi connectivity index (χ0v) is 21.2. The number of amides is 1. The molecule has 0 radical (unpaired) electrons. The van der Waals surface area contributed by atoms with Crippen LogP contribution in [0.1, 0.15) is 38.5 Å². The first-order valence-electron chi connectivity index (χ1n) is 12.6. The highest BCUT2D eigenvalue weighted by Gasteiger charge is 2.38. The van der Waals surface area contributed by atoms with Crippen molar-refractivity contribution in [3.63, 3.8) is 0 Å². The summed E-state index contributed by atoms with van der Waals surface area (Å²) in [5.41, 5.74) is 3.66. The average molecular weight is 536 g/mol. The molecule has 2 saturated carbocycles. The normalized spacial score (nSPS) is 19.8. The van der Waals surface area contributed by atoms with Crippen LogP contribution in [0, 0.1) is 11.7 Å². The van der Waals surface area contributed by atoms with E-state index in [0.29, 0.717) is 55.7 Å². The fourth-order valence-corrected chi connectivity index (χ4v) is 6.09. The summed E-state index contributed by atoms with van der Waals surface area (Å²) >= 11 is 0. The summed E-state index contributed by atoms with van der Waals surface area (Å²) in [6.07, 6.45) is 7.04. The third-order valence-corrected chi connectivity index (χ3v) is 8.89. The zero-order valence-electron chi connectivity index (χ0n) is 20.4. The van der Waals surface area contributed by atoms with E-state index in [1.807, 2.05) is 18.2 Å². The molecule has 2 N–H and O–H groups in total. The second kappa shape index (κ2) is 9.79. The maximum Gasteiger partial charge on any atom is 0.237 e. The maximum atomic E-state index is 13.5. The highest BCUT2D eigenvalue weighted by Crippen LogP contribution is 2.31. The van der Waals surface area contributed by atoms with Crippen molar-refractivity contribution in [3.05, 3.63) is 60.7 Å². The Morgan fingerprint density at radius 3 is 2.39 bits per heavy atom. The highest BCUT2D eigenvalue weighted by molar-refractivity contribution is 7.90. The van der Waals surface area contributed by atoms with Crippen molar-refractivity contribution < 1.29 is 22.3 Å². The SMILES string of the molecule is O=C(NS(=O)(=O)C1CC1)[C@H]1CC[C@@H](Oc2ccc(-c3ccc(-c4nc5cc(F)ccc5[nH]4)cn3)cn2)CC1. The van der Waals surface area contributed by atoms with Gasteiger partial charge in [-0.3, -0.25) is 14.5 Å². The van der Waals surface area contributed by atoms with Crippen molar-refractivity contribution in [1.82, 2.24) is 24.7 Å². The van der Waals surface area contributed by atoms with Gasteiger partial charge in [-0.2, -0.15) is 0 Å². The van der Waals surface area contributed by atoms with Gasteiger partial charge in [-0.1, -0.05) is 0 Å². The number of hydrogen-bond donors (Lipinski definition) is 2. The Labute approximate surface area is 218 Å². The molecule has 3 aromatic heterocycles. The van der Waals surface area contributed by atoms with E-state index >= 15 is 0 Å². The molecule has 1 amide bonds. The largest absolute Gasteiger partial charge is 0.474 e. The Hall–Kier alpha value is -3.86. The summed E-state index contributed by atoms with van der Waals surface area (Å²) in [6.45, 7) is 0. The first-order chi connectivity index (χ1) is 18.3. The van der Waals surface area contributed by atoms with Gasteiger partial charge >= 0.3 is 0 Å². The molecular weight excluding hydrogens is 509 g/mol. The number of fused-ring (bicyclic) bond motifs is 1. The monoisotopic (exact) mass is 535 g/mol. The van der Waals surface area contributed by atoms with Crippen molar-refractivity contribution in [3.8, 4) is 28.5 Å².